The first-order valence-corrected chi connectivity index (χ1v) is 6.33. The fourth-order valence-corrected chi connectivity index (χ4v) is 1.79. The lowest BCUT2D eigenvalue weighted by Gasteiger charge is -2.13. The van der Waals surface area contributed by atoms with Crippen LogP contribution in [0.25, 0.3) is 0 Å². The Kier molecular flexibility index (Phi) is 6.93. The predicted octanol–water partition coefficient (Wildman–Crippen LogP) is -5.44. The molecule has 0 atom stereocenters. The van der Waals surface area contributed by atoms with Crippen LogP contribution >= 0.6 is 0 Å². The van der Waals surface area contributed by atoms with Crippen LogP contribution < -0.4 is 50.9 Å². The van der Waals surface area contributed by atoms with Gasteiger partial charge < -0.3 is 0 Å². The summed E-state index contributed by atoms with van der Waals surface area (Å²) >= 11 is 0. The molecule has 0 spiro atoms. The molecule has 0 unspecified atom stereocenters. The number of nitrogens with zero attached hydrogens (tertiary/aromatic N) is 3. The zero-order valence-electron chi connectivity index (χ0n) is 11.5. The Morgan fingerprint density at radius 3 is 1.05 bits per heavy atom. The number of hydrazine groups is 3. The molecule has 12 nitrogen and oxygen atoms in total. The van der Waals surface area contributed by atoms with Crippen molar-refractivity contribution in [3.63, 3.8) is 0 Å². The zero-order chi connectivity index (χ0) is 15.8. The smallest absolute Gasteiger partial charge is 0.271 e. The summed E-state index contributed by atoms with van der Waals surface area (Å²) in [5.41, 5.74) is 4.95. The molecule has 0 bridgehead atoms. The number of hydrogen-bond donors (Lipinski definition) is 6. The largest absolute Gasteiger partial charge is 0.336 e. The van der Waals surface area contributed by atoms with Gasteiger partial charge in [-0.3, -0.25) is 33.8 Å². The fourth-order valence-electron chi connectivity index (χ4n) is 1.79. The summed E-state index contributed by atoms with van der Waals surface area (Å²) < 4.78 is 2.82. The first-order chi connectivity index (χ1) is 10.1. The summed E-state index contributed by atoms with van der Waals surface area (Å²) in [5, 5.41) is 0. The maximum atomic E-state index is 12.2. The highest BCUT2D eigenvalue weighted by molar-refractivity contribution is 4.80. The molecule has 0 aliphatic rings. The molecule has 1 rings (SSSR count). The molecule has 120 valence electrons. The van der Waals surface area contributed by atoms with Gasteiger partial charge in [-0.2, -0.15) is 0 Å². The highest BCUT2D eigenvalue weighted by atomic mass is 16.2. The lowest BCUT2D eigenvalue weighted by molar-refractivity contribution is 0.428. The van der Waals surface area contributed by atoms with E-state index >= 15 is 0 Å². The van der Waals surface area contributed by atoms with Crippen molar-refractivity contribution in [3.05, 3.63) is 31.5 Å². The summed E-state index contributed by atoms with van der Waals surface area (Å²) in [6.45, 7) is 0.745. The normalized spacial score (nSPS) is 11.0. The molecule has 0 aliphatic heterocycles. The van der Waals surface area contributed by atoms with Gasteiger partial charge in [0.05, 0.1) is 0 Å². The van der Waals surface area contributed by atoms with Crippen LogP contribution in [0.15, 0.2) is 14.4 Å². The van der Waals surface area contributed by atoms with Gasteiger partial charge in [0.15, 0.2) is 0 Å². The van der Waals surface area contributed by atoms with E-state index in [9.17, 15) is 14.4 Å². The van der Waals surface area contributed by atoms with Crippen molar-refractivity contribution in [2.75, 3.05) is 19.6 Å². The molecule has 0 aromatic carbocycles. The molecule has 0 amide bonds. The Morgan fingerprint density at radius 2 is 0.857 bits per heavy atom. The topological polar surface area (TPSA) is 180 Å². The van der Waals surface area contributed by atoms with E-state index in [4.69, 9.17) is 17.5 Å². The number of aromatic nitrogens is 3. The molecule has 0 fully saturated rings. The van der Waals surface area contributed by atoms with Crippen molar-refractivity contribution in [3.8, 4) is 0 Å². The Bertz CT molecular complexity index is 500. The molecule has 0 aliphatic carbocycles. The SMILES string of the molecule is NNCCn1c(=O)n(CCNN)c(=O)n(CCNN)c1=O. The molecule has 9 N–H and O–H groups in total. The van der Waals surface area contributed by atoms with Crippen LogP contribution in [-0.4, -0.2) is 33.3 Å². The van der Waals surface area contributed by atoms with Gasteiger partial charge in [0.25, 0.3) is 0 Å². The quantitative estimate of drug-likeness (QED) is 0.191. The minimum atomic E-state index is -0.701. The van der Waals surface area contributed by atoms with Crippen LogP contribution in [0, 0.1) is 0 Å². The minimum Gasteiger partial charge on any atom is -0.271 e. The summed E-state index contributed by atoms with van der Waals surface area (Å²) in [6, 6.07) is 0. The van der Waals surface area contributed by atoms with E-state index in [0.29, 0.717) is 0 Å². The maximum absolute atomic E-state index is 12.2. The van der Waals surface area contributed by atoms with Crippen molar-refractivity contribution in [2.45, 2.75) is 19.6 Å². The van der Waals surface area contributed by atoms with E-state index in [0.717, 1.165) is 13.7 Å². The van der Waals surface area contributed by atoms with E-state index in [-0.39, 0.29) is 39.3 Å². The molecule has 21 heavy (non-hydrogen) atoms. The van der Waals surface area contributed by atoms with Gasteiger partial charge in [-0.15, -0.1) is 0 Å². The lowest BCUT2D eigenvalue weighted by Crippen LogP contribution is -2.56. The third-order valence-electron chi connectivity index (χ3n) is 2.82. The average Bonchev–Trinajstić information content (AvgIpc) is 2.47. The van der Waals surface area contributed by atoms with Crippen LogP contribution in [0.1, 0.15) is 0 Å². The highest BCUT2D eigenvalue weighted by Gasteiger charge is 2.14. The Balaban J connectivity index is 3.39. The van der Waals surface area contributed by atoms with Gasteiger partial charge in [-0.25, -0.2) is 28.1 Å². The third-order valence-corrected chi connectivity index (χ3v) is 2.82. The van der Waals surface area contributed by atoms with E-state index in [1.807, 2.05) is 0 Å². The van der Waals surface area contributed by atoms with Crippen LogP contribution in [0.3, 0.4) is 0 Å². The van der Waals surface area contributed by atoms with Crippen molar-refractivity contribution in [1.29, 1.82) is 0 Å². The average molecular weight is 303 g/mol. The Labute approximate surface area is 119 Å². The van der Waals surface area contributed by atoms with Gasteiger partial charge in [0.2, 0.25) is 0 Å². The van der Waals surface area contributed by atoms with Crippen LogP contribution in [0.4, 0.5) is 0 Å². The van der Waals surface area contributed by atoms with Gasteiger partial charge in [-0.05, 0) is 0 Å². The number of rotatable bonds is 9. The van der Waals surface area contributed by atoms with Gasteiger partial charge in [0, 0.05) is 39.3 Å². The monoisotopic (exact) mass is 303 g/mol. The zero-order valence-corrected chi connectivity index (χ0v) is 11.5. The Hall–Kier alpha value is -1.83. The van der Waals surface area contributed by atoms with Crippen LogP contribution in [0.2, 0.25) is 0 Å². The number of nitrogens with one attached hydrogen (secondary N) is 3. The standard InChI is InChI=1S/C9H21N9O3/c10-13-1-4-16-7(19)17(5-2-14-11)9(21)18(8(16)20)6-3-15-12/h13-15H,1-6,10-12H2. The second kappa shape index (κ2) is 8.46. The van der Waals surface area contributed by atoms with Gasteiger partial charge in [0.1, 0.15) is 0 Å². The van der Waals surface area contributed by atoms with E-state index in [2.05, 4.69) is 16.3 Å². The van der Waals surface area contributed by atoms with Crippen molar-refractivity contribution in [2.24, 2.45) is 17.5 Å². The second-order valence-electron chi connectivity index (χ2n) is 4.17. The predicted molar refractivity (Wildman–Crippen MR) is 75.8 cm³/mol. The van der Waals surface area contributed by atoms with Crippen molar-refractivity contribution >= 4 is 0 Å². The third kappa shape index (κ3) is 4.07. The van der Waals surface area contributed by atoms with E-state index in [1.54, 1.807) is 0 Å². The highest BCUT2D eigenvalue weighted by Crippen LogP contribution is 1.76. The fraction of sp³-hybridized carbons (Fsp3) is 0.667. The molecule has 1 aromatic rings. The molecule has 0 radical (unpaired) electrons. The first kappa shape index (κ1) is 17.2. The molecule has 0 saturated heterocycles. The number of nitrogens with two attached hydrogens (primary N) is 3. The molecule has 1 heterocycles. The van der Waals surface area contributed by atoms with Gasteiger partial charge in [-0.1, -0.05) is 0 Å². The van der Waals surface area contributed by atoms with E-state index < -0.39 is 17.1 Å². The molecular weight excluding hydrogens is 282 g/mol. The van der Waals surface area contributed by atoms with Crippen molar-refractivity contribution < 1.29 is 0 Å². The summed E-state index contributed by atoms with van der Waals surface area (Å²) in [7, 11) is 0. The lowest BCUT2D eigenvalue weighted by atomic mass is 10.5. The molecular formula is C9H21N9O3. The summed E-state index contributed by atoms with van der Waals surface area (Å²) in [5.74, 6) is 15.4. The molecule has 12 heteroatoms. The first-order valence-electron chi connectivity index (χ1n) is 6.33. The molecule has 0 saturated carbocycles. The molecule has 1 aromatic heterocycles. The van der Waals surface area contributed by atoms with E-state index in [1.165, 1.54) is 0 Å². The van der Waals surface area contributed by atoms with Crippen molar-refractivity contribution in [1.82, 2.24) is 30.0 Å². The summed E-state index contributed by atoms with van der Waals surface area (Å²) in [6.07, 6.45) is 0. The minimum absolute atomic E-state index is 0.0422. The maximum Gasteiger partial charge on any atom is 0.336 e. The summed E-state index contributed by atoms with van der Waals surface area (Å²) in [4.78, 5) is 36.6. The number of hydrogen-bond acceptors (Lipinski definition) is 9. The van der Waals surface area contributed by atoms with Crippen LogP contribution in [0.5, 0.6) is 0 Å². The van der Waals surface area contributed by atoms with Gasteiger partial charge >= 0.3 is 17.1 Å². The second-order valence-corrected chi connectivity index (χ2v) is 4.17. The Morgan fingerprint density at radius 1 is 0.619 bits per heavy atom. The van der Waals surface area contributed by atoms with Crippen LogP contribution in [-0.2, 0) is 19.6 Å².